The van der Waals surface area contributed by atoms with Crippen molar-refractivity contribution in [3.63, 3.8) is 0 Å². The molecule has 1 aliphatic heterocycles. The number of guanidine groups is 1. The number of methoxy groups -OCH3 is 1. The van der Waals surface area contributed by atoms with E-state index in [0.29, 0.717) is 88.9 Å². The molecule has 96 heavy (non-hydrogen) atoms. The summed E-state index contributed by atoms with van der Waals surface area (Å²) < 4.78 is 4.86. The van der Waals surface area contributed by atoms with Crippen molar-refractivity contribution in [3.8, 4) is 5.75 Å². The van der Waals surface area contributed by atoms with Gasteiger partial charge in [-0.15, -0.1) is 5.06 Å². The zero-order valence-electron chi connectivity index (χ0n) is 56.2. The largest absolute Gasteiger partial charge is 0.549 e. The summed E-state index contributed by atoms with van der Waals surface area (Å²) in [7, 11) is 7.61. The van der Waals surface area contributed by atoms with Crippen molar-refractivity contribution < 1.29 is 72.5 Å². The summed E-state index contributed by atoms with van der Waals surface area (Å²) in [5.74, 6) is -6.04. The third kappa shape index (κ3) is 30.2. The van der Waals surface area contributed by atoms with Gasteiger partial charge in [0.1, 0.15) is 17.8 Å². The first kappa shape index (κ1) is 79.6. The molecule has 0 aliphatic carbocycles. The van der Waals surface area contributed by atoms with Gasteiger partial charge in [0.25, 0.3) is 0 Å². The molecule has 31 heteroatoms. The Balaban J connectivity index is 1.26. The summed E-state index contributed by atoms with van der Waals surface area (Å²) in [4.78, 5) is 163. The SMILES string of the molecule is CCN(CCN(CC(=O)OC)CN(C)OC(=O)CN(C)CCN(C)CC(=O)[O-])CC(=O)NCCCCC(=O)NCCCCC(=O)NCCC[C@@H]1C(=O)N[C@@H](CCCN=C(N)N)C(=O)N[C@@H](Cc2ccc3ccccc3c2)C(=O)NCC(=O)N[C@](C=O)(Cc2ccc(O)cc2)N1C. The normalized spacial score (nSPS) is 17.3. The van der Waals surface area contributed by atoms with Crippen LogP contribution < -0.4 is 53.8 Å². The number of hydrogen-bond acceptors (Lipinski definition) is 22. The highest BCUT2D eigenvalue weighted by Crippen LogP contribution is 2.24. The van der Waals surface area contributed by atoms with Gasteiger partial charge in [0.05, 0.1) is 52.0 Å². The van der Waals surface area contributed by atoms with Gasteiger partial charge in [-0.25, -0.2) is 4.79 Å². The lowest BCUT2D eigenvalue weighted by molar-refractivity contribution is -0.306. The number of likely N-dealkylation sites (N-methyl/N-ethyl adjacent to an activating group) is 4. The lowest BCUT2D eigenvalue weighted by Gasteiger charge is -2.42. The van der Waals surface area contributed by atoms with Gasteiger partial charge in [-0.05, 0) is 113 Å². The number of carboxylic acid groups (broad SMARTS) is 1. The lowest BCUT2D eigenvalue weighted by Crippen LogP contribution is -2.68. The summed E-state index contributed by atoms with van der Waals surface area (Å²) in [5, 5.41) is 43.7. The number of ether oxygens (including phenoxy) is 1. The average Bonchev–Trinajstić information content (AvgIpc) is 0.799. The lowest BCUT2D eigenvalue weighted by atomic mass is 9.95. The molecule has 12 N–H and O–H groups in total. The number of aromatic hydroxyl groups is 1. The Morgan fingerprint density at radius 1 is 0.708 bits per heavy atom. The van der Waals surface area contributed by atoms with E-state index < -0.39 is 71.9 Å². The molecule has 1 heterocycles. The molecule has 4 rings (SSSR count). The van der Waals surface area contributed by atoms with Crippen LogP contribution in [0.3, 0.4) is 0 Å². The number of unbranched alkanes of at least 4 members (excludes halogenated alkanes) is 2. The van der Waals surface area contributed by atoms with Crippen LogP contribution in [0.25, 0.3) is 10.8 Å². The quantitative estimate of drug-likeness (QED) is 0.00515. The third-order valence-electron chi connectivity index (χ3n) is 16.0. The minimum absolute atomic E-state index is 0.00619. The van der Waals surface area contributed by atoms with Gasteiger partial charge < -0.3 is 73.3 Å². The number of nitrogens with two attached hydrogens (primary N) is 2. The fourth-order valence-corrected chi connectivity index (χ4v) is 10.6. The predicted molar refractivity (Wildman–Crippen MR) is 355 cm³/mol. The van der Waals surface area contributed by atoms with Crippen LogP contribution in [-0.2, 0) is 75.2 Å². The summed E-state index contributed by atoms with van der Waals surface area (Å²) in [6, 6.07) is 15.5. The van der Waals surface area contributed by atoms with Gasteiger partial charge in [-0.1, -0.05) is 61.5 Å². The van der Waals surface area contributed by atoms with Crippen molar-refractivity contribution in [1.29, 1.82) is 0 Å². The first-order valence-electron chi connectivity index (χ1n) is 32.3. The molecule has 0 saturated carbocycles. The van der Waals surface area contributed by atoms with Crippen LogP contribution in [0.5, 0.6) is 5.75 Å². The van der Waals surface area contributed by atoms with Gasteiger partial charge in [-0.3, -0.25) is 72.6 Å². The van der Waals surface area contributed by atoms with Crippen molar-refractivity contribution in [2.24, 2.45) is 16.5 Å². The number of benzene rings is 3. The van der Waals surface area contributed by atoms with Gasteiger partial charge in [-0.2, -0.15) is 0 Å². The van der Waals surface area contributed by atoms with E-state index in [1.165, 1.54) is 36.3 Å². The minimum atomic E-state index is -1.94. The van der Waals surface area contributed by atoms with E-state index in [2.05, 4.69) is 42.2 Å². The Kier molecular flexibility index (Phi) is 35.2. The monoisotopic (exact) mass is 1340 g/mol. The molecule has 1 fully saturated rings. The van der Waals surface area contributed by atoms with Gasteiger partial charge in [0.2, 0.25) is 41.4 Å². The van der Waals surface area contributed by atoms with Crippen LogP contribution in [0.4, 0.5) is 0 Å². The molecule has 1 saturated heterocycles. The summed E-state index contributed by atoms with van der Waals surface area (Å²) in [6.07, 6.45) is 3.13. The molecular weight excluding hydrogens is 1240 g/mol. The Morgan fingerprint density at radius 2 is 1.31 bits per heavy atom. The highest BCUT2D eigenvalue weighted by atomic mass is 16.7. The maximum absolute atomic E-state index is 14.8. The number of nitrogens with zero attached hydrogens (tertiary/aromatic N) is 7. The Hall–Kier alpha value is -8.88. The Bertz CT molecular complexity index is 3060. The van der Waals surface area contributed by atoms with Gasteiger partial charge >= 0.3 is 11.9 Å². The number of phenolic OH excluding ortho intramolecular Hbond substituents is 1. The molecule has 0 unspecified atom stereocenters. The van der Waals surface area contributed by atoms with Crippen molar-refractivity contribution in [2.45, 2.75) is 108 Å². The number of aldehydes is 1. The predicted octanol–water partition coefficient (Wildman–Crippen LogP) is -2.98. The minimum Gasteiger partial charge on any atom is -0.549 e. The Labute approximate surface area is 561 Å². The zero-order chi connectivity index (χ0) is 70.6. The van der Waals surface area contributed by atoms with E-state index in [0.717, 1.165) is 10.8 Å². The average molecular weight is 1340 g/mol. The molecule has 3 aromatic carbocycles. The number of fused-ring (bicyclic) bond motifs is 1. The van der Waals surface area contributed by atoms with E-state index in [9.17, 15) is 63.0 Å². The van der Waals surface area contributed by atoms with E-state index in [1.54, 1.807) is 48.0 Å². The first-order valence-corrected chi connectivity index (χ1v) is 32.3. The first-order chi connectivity index (χ1) is 45.8. The fraction of sp³-hybridized carbons (Fsp3) is 0.569. The number of aliphatic carboxylic acids is 1. The number of nitrogens with one attached hydrogen (secondary N) is 7. The molecule has 4 atom stereocenters. The second-order valence-corrected chi connectivity index (χ2v) is 23.9. The number of phenols is 1. The molecule has 0 aromatic heterocycles. The number of hydroxylamine groups is 2. The van der Waals surface area contributed by atoms with Crippen LogP contribution in [0.2, 0.25) is 0 Å². The summed E-state index contributed by atoms with van der Waals surface area (Å²) in [6.45, 7) is 3.95. The van der Waals surface area contributed by atoms with E-state index in [-0.39, 0.29) is 127 Å². The third-order valence-corrected chi connectivity index (χ3v) is 16.0. The van der Waals surface area contributed by atoms with E-state index in [4.69, 9.17) is 21.0 Å². The number of carboxylic acids is 1. The fourth-order valence-electron chi connectivity index (χ4n) is 10.6. The van der Waals surface area contributed by atoms with E-state index in [1.807, 2.05) is 54.3 Å². The maximum atomic E-state index is 14.8. The van der Waals surface area contributed by atoms with Crippen molar-refractivity contribution in [2.75, 3.05) is 134 Å². The van der Waals surface area contributed by atoms with Crippen LogP contribution in [0, 0.1) is 0 Å². The molecule has 0 radical (unpaired) electrons. The second kappa shape index (κ2) is 42.5. The van der Waals surface area contributed by atoms with Crippen LogP contribution in [-0.4, -0.2) is 264 Å². The molecule has 0 spiro atoms. The molecule has 3 aromatic rings. The second-order valence-electron chi connectivity index (χ2n) is 23.9. The van der Waals surface area contributed by atoms with Crippen molar-refractivity contribution in [3.05, 3.63) is 77.9 Å². The maximum Gasteiger partial charge on any atom is 0.339 e. The number of aliphatic imine (C=N–C) groups is 1. The molecule has 0 bridgehead atoms. The topological polar surface area (TPSA) is 418 Å². The summed E-state index contributed by atoms with van der Waals surface area (Å²) in [5.41, 5.74) is 10.4. The Morgan fingerprint density at radius 3 is 1.94 bits per heavy atom. The summed E-state index contributed by atoms with van der Waals surface area (Å²) >= 11 is 0. The number of esters is 1. The standard InChI is InChI=1S/C65H100N16O15/c1-7-80(34-35-81(43-59(90)95-6)45-78(4)96-60(91)42-77(3)33-32-76(2)41-58(88)89)40-57(87)70-29-13-11-20-54(84)68-28-12-10-21-55(85)69-30-15-19-53-63(94)73-51(18-14-31-71-64(66)67)62(93)74-52(37-47-22-25-48-16-8-9-17-49(48)36-47)61(92)72-39-56(86)75-65(44-82,79(53)5)38-46-23-26-50(83)27-24-46/h8-9,16-17,22-27,36,44,51-53,83H,7,10-15,18-21,28-35,37-43,45H2,1-6H3,(H,68,84)(H,69,85)(H,70,87)(H,72,92)(H,73,94)(H,74,93)(H,75,86)(H,88,89)(H4,66,67,71)/p-1/t51-,52-,53+,65+/m0/s1. The number of amides is 7. The van der Waals surface area contributed by atoms with Crippen molar-refractivity contribution in [1.82, 2.24) is 66.8 Å². The van der Waals surface area contributed by atoms with Crippen LogP contribution in [0.1, 0.15) is 82.3 Å². The number of hydrogen-bond donors (Lipinski definition) is 10. The van der Waals surface area contributed by atoms with Crippen LogP contribution in [0.15, 0.2) is 71.7 Å². The smallest absolute Gasteiger partial charge is 0.339 e. The highest BCUT2D eigenvalue weighted by Gasteiger charge is 2.43. The van der Waals surface area contributed by atoms with Gasteiger partial charge in [0.15, 0.2) is 17.9 Å². The number of carbonyl (C=O) groups excluding carboxylic acids is 11. The number of carbonyl (C=O) groups is 11. The number of rotatable bonds is 41. The highest BCUT2D eigenvalue weighted by molar-refractivity contribution is 5.95. The molecule has 31 nitrogen and oxygen atoms in total. The molecular formula is C65H99N16O15-. The molecule has 7 amide bonds. The molecule has 1 aliphatic rings. The van der Waals surface area contributed by atoms with Gasteiger partial charge in [0, 0.05) is 91.6 Å². The molecule has 530 valence electrons. The van der Waals surface area contributed by atoms with Crippen LogP contribution >= 0.6 is 0 Å². The van der Waals surface area contributed by atoms with E-state index >= 15 is 0 Å². The van der Waals surface area contributed by atoms with Crippen molar-refractivity contribution >= 4 is 82.3 Å². The zero-order valence-corrected chi connectivity index (χ0v) is 56.2.